The first kappa shape index (κ1) is 11.5. The molecule has 14 heavy (non-hydrogen) atoms. The monoisotopic (exact) mass is 272 g/mol. The fourth-order valence-electron chi connectivity index (χ4n) is 0.871. The summed E-state index contributed by atoms with van der Waals surface area (Å²) in [4.78, 5) is 0. The molecule has 0 amide bonds. The summed E-state index contributed by atoms with van der Waals surface area (Å²) in [5.74, 6) is -0.678. The standard InChI is InChI=1S/C8H5BrF4O/c9-5-3-4(1-2-6(5)10)7(14)8(11,12)13/h1-3,7,14H/t7-/m0/s1. The lowest BCUT2D eigenvalue weighted by molar-refractivity contribution is -0.206. The van der Waals surface area contributed by atoms with E-state index < -0.39 is 23.7 Å². The van der Waals surface area contributed by atoms with Crippen LogP contribution < -0.4 is 0 Å². The van der Waals surface area contributed by atoms with Gasteiger partial charge in [0.25, 0.3) is 0 Å². The van der Waals surface area contributed by atoms with Crippen LogP contribution in [0.4, 0.5) is 17.6 Å². The number of aliphatic hydroxyl groups excluding tert-OH is 1. The fourth-order valence-corrected chi connectivity index (χ4v) is 1.27. The highest BCUT2D eigenvalue weighted by Gasteiger charge is 2.39. The summed E-state index contributed by atoms with van der Waals surface area (Å²) in [6.07, 6.45) is -7.32. The van der Waals surface area contributed by atoms with Gasteiger partial charge in [0.1, 0.15) is 5.82 Å². The molecule has 1 atom stereocenters. The van der Waals surface area contributed by atoms with E-state index in [0.717, 1.165) is 18.2 Å². The summed E-state index contributed by atoms with van der Waals surface area (Å²) in [6.45, 7) is 0. The lowest BCUT2D eigenvalue weighted by Gasteiger charge is -2.14. The summed E-state index contributed by atoms with van der Waals surface area (Å²) in [6, 6.07) is 2.64. The number of hydrogen-bond donors (Lipinski definition) is 1. The Balaban J connectivity index is 3.03. The van der Waals surface area contributed by atoms with Crippen LogP contribution in [0.5, 0.6) is 0 Å². The maximum Gasteiger partial charge on any atom is 0.418 e. The van der Waals surface area contributed by atoms with Crippen molar-refractivity contribution in [1.29, 1.82) is 0 Å². The summed E-state index contributed by atoms with van der Waals surface area (Å²) >= 11 is 2.73. The predicted molar refractivity (Wildman–Crippen MR) is 45.1 cm³/mol. The summed E-state index contributed by atoms with van der Waals surface area (Å²) in [5, 5.41) is 8.80. The number of benzene rings is 1. The van der Waals surface area contributed by atoms with Crippen molar-refractivity contribution in [1.82, 2.24) is 0 Å². The Morgan fingerprint density at radius 2 is 1.86 bits per heavy atom. The molecule has 0 aliphatic heterocycles. The topological polar surface area (TPSA) is 20.2 Å². The van der Waals surface area contributed by atoms with Gasteiger partial charge in [0, 0.05) is 0 Å². The smallest absolute Gasteiger partial charge is 0.379 e. The van der Waals surface area contributed by atoms with Gasteiger partial charge in [-0.15, -0.1) is 0 Å². The largest absolute Gasteiger partial charge is 0.418 e. The molecule has 0 unspecified atom stereocenters. The van der Waals surface area contributed by atoms with E-state index in [1.165, 1.54) is 0 Å². The van der Waals surface area contributed by atoms with Gasteiger partial charge in [-0.05, 0) is 33.6 Å². The quantitative estimate of drug-likeness (QED) is 0.779. The third-order valence-electron chi connectivity index (χ3n) is 1.57. The third-order valence-corrected chi connectivity index (χ3v) is 2.18. The lowest BCUT2D eigenvalue weighted by Crippen LogP contribution is -2.20. The summed E-state index contributed by atoms with van der Waals surface area (Å²) < 4.78 is 48.6. The van der Waals surface area contributed by atoms with E-state index in [4.69, 9.17) is 5.11 Å². The third kappa shape index (κ3) is 2.45. The van der Waals surface area contributed by atoms with E-state index in [-0.39, 0.29) is 4.47 Å². The molecule has 1 aromatic carbocycles. The molecule has 1 rings (SSSR count). The van der Waals surface area contributed by atoms with Crippen LogP contribution in [0.1, 0.15) is 11.7 Å². The Labute approximate surface area is 85.5 Å². The van der Waals surface area contributed by atoms with Crippen molar-refractivity contribution in [2.45, 2.75) is 12.3 Å². The summed E-state index contributed by atoms with van der Waals surface area (Å²) in [5.41, 5.74) is -0.397. The lowest BCUT2D eigenvalue weighted by atomic mass is 10.1. The molecule has 0 spiro atoms. The van der Waals surface area contributed by atoms with Crippen molar-refractivity contribution >= 4 is 15.9 Å². The number of alkyl halides is 3. The highest BCUT2D eigenvalue weighted by atomic mass is 79.9. The molecule has 0 heterocycles. The molecule has 0 radical (unpaired) electrons. The maximum atomic E-state index is 12.6. The van der Waals surface area contributed by atoms with Gasteiger partial charge >= 0.3 is 6.18 Å². The molecular weight excluding hydrogens is 268 g/mol. The molecule has 1 aromatic rings. The van der Waals surface area contributed by atoms with Crippen molar-refractivity contribution in [2.75, 3.05) is 0 Å². The van der Waals surface area contributed by atoms with E-state index in [0.29, 0.717) is 0 Å². The number of aliphatic hydroxyl groups is 1. The highest BCUT2D eigenvalue weighted by Crippen LogP contribution is 2.33. The van der Waals surface area contributed by atoms with Gasteiger partial charge in [-0.2, -0.15) is 13.2 Å². The molecule has 0 saturated heterocycles. The molecule has 1 N–H and O–H groups in total. The summed E-state index contributed by atoms with van der Waals surface area (Å²) in [7, 11) is 0. The molecule has 1 nitrogen and oxygen atoms in total. The van der Waals surface area contributed by atoms with E-state index in [1.54, 1.807) is 0 Å². The van der Waals surface area contributed by atoms with Crippen LogP contribution in [-0.2, 0) is 0 Å². The first-order valence-corrected chi connectivity index (χ1v) is 4.31. The van der Waals surface area contributed by atoms with Crippen LogP contribution in [0.3, 0.4) is 0 Å². The first-order chi connectivity index (χ1) is 6.32. The van der Waals surface area contributed by atoms with Gasteiger partial charge in [0.2, 0.25) is 0 Å². The molecule has 0 aromatic heterocycles. The van der Waals surface area contributed by atoms with Gasteiger partial charge in [0.05, 0.1) is 4.47 Å². The second kappa shape index (κ2) is 3.86. The second-order valence-corrected chi connectivity index (χ2v) is 3.47. The van der Waals surface area contributed by atoms with Crippen molar-refractivity contribution in [3.05, 3.63) is 34.1 Å². The van der Waals surface area contributed by atoms with Crippen LogP contribution in [0.15, 0.2) is 22.7 Å². The SMILES string of the molecule is O[C@@H](c1ccc(F)c(Br)c1)C(F)(F)F. The zero-order valence-corrected chi connectivity index (χ0v) is 8.23. The first-order valence-electron chi connectivity index (χ1n) is 3.52. The molecule has 0 aliphatic rings. The Morgan fingerprint density at radius 1 is 1.29 bits per heavy atom. The molecule has 0 saturated carbocycles. The van der Waals surface area contributed by atoms with Crippen LogP contribution in [-0.4, -0.2) is 11.3 Å². The maximum absolute atomic E-state index is 12.6. The molecule has 0 aliphatic carbocycles. The highest BCUT2D eigenvalue weighted by molar-refractivity contribution is 9.10. The predicted octanol–water partition coefficient (Wildman–Crippen LogP) is 3.18. The number of rotatable bonds is 1. The van der Waals surface area contributed by atoms with Crippen molar-refractivity contribution in [3.8, 4) is 0 Å². The molecular formula is C8H5BrF4O. The Morgan fingerprint density at radius 3 is 2.29 bits per heavy atom. The van der Waals surface area contributed by atoms with E-state index in [1.807, 2.05) is 0 Å². The van der Waals surface area contributed by atoms with Gasteiger partial charge in [0.15, 0.2) is 6.10 Å². The molecule has 6 heteroatoms. The fraction of sp³-hybridized carbons (Fsp3) is 0.250. The van der Waals surface area contributed by atoms with Crippen LogP contribution >= 0.6 is 15.9 Å². The Hall–Kier alpha value is -0.620. The van der Waals surface area contributed by atoms with E-state index >= 15 is 0 Å². The van der Waals surface area contributed by atoms with Crippen LogP contribution in [0.25, 0.3) is 0 Å². The van der Waals surface area contributed by atoms with Crippen LogP contribution in [0, 0.1) is 5.82 Å². The zero-order valence-electron chi connectivity index (χ0n) is 6.65. The molecule has 0 fully saturated rings. The van der Waals surface area contributed by atoms with Crippen molar-refractivity contribution in [2.24, 2.45) is 0 Å². The van der Waals surface area contributed by atoms with Gasteiger partial charge in [-0.25, -0.2) is 4.39 Å². The van der Waals surface area contributed by atoms with Gasteiger partial charge in [-0.3, -0.25) is 0 Å². The molecule has 78 valence electrons. The normalized spacial score (nSPS) is 14.1. The average molecular weight is 273 g/mol. The second-order valence-electron chi connectivity index (χ2n) is 2.62. The van der Waals surface area contributed by atoms with Gasteiger partial charge < -0.3 is 5.11 Å². The van der Waals surface area contributed by atoms with Crippen molar-refractivity contribution in [3.63, 3.8) is 0 Å². The zero-order chi connectivity index (χ0) is 10.9. The Kier molecular flexibility index (Phi) is 3.16. The molecule has 0 bridgehead atoms. The van der Waals surface area contributed by atoms with Crippen LogP contribution in [0.2, 0.25) is 0 Å². The number of halogens is 5. The van der Waals surface area contributed by atoms with Crippen molar-refractivity contribution < 1.29 is 22.7 Å². The average Bonchev–Trinajstić information content (AvgIpc) is 2.07. The minimum atomic E-state index is -4.74. The van der Waals surface area contributed by atoms with E-state index in [2.05, 4.69) is 15.9 Å². The number of hydrogen-bond acceptors (Lipinski definition) is 1. The minimum absolute atomic E-state index is 0.113. The van der Waals surface area contributed by atoms with E-state index in [9.17, 15) is 17.6 Å². The Bertz CT molecular complexity index is 337. The minimum Gasteiger partial charge on any atom is -0.379 e. The van der Waals surface area contributed by atoms with Gasteiger partial charge in [-0.1, -0.05) is 6.07 Å².